The third-order valence-corrected chi connectivity index (χ3v) is 6.85. The Hall–Kier alpha value is -4.39. The summed E-state index contributed by atoms with van der Waals surface area (Å²) in [5, 5.41) is 17.0. The summed E-state index contributed by atoms with van der Waals surface area (Å²) in [5.74, 6) is -1.25. The molecule has 6 nitrogen and oxygen atoms in total. The van der Waals surface area contributed by atoms with Gasteiger partial charge in [-0.15, -0.1) is 11.6 Å². The number of carboxylic acids is 1. The van der Waals surface area contributed by atoms with E-state index in [9.17, 15) is 9.59 Å². The lowest BCUT2D eigenvalue weighted by Gasteiger charge is -2.11. The van der Waals surface area contributed by atoms with E-state index in [2.05, 4.69) is 55.7 Å². The molecule has 44 heavy (non-hydrogen) atoms. The van der Waals surface area contributed by atoms with E-state index >= 15 is 0 Å². The Morgan fingerprint density at radius 3 is 2.32 bits per heavy atom. The topological polar surface area (TPSA) is 84.2 Å². The fraction of sp³-hybridized carbons (Fsp3) is 0.194. The highest BCUT2D eigenvalue weighted by molar-refractivity contribution is 6.30. The standard InChI is InChI=1S/C31H29N3O3.C5H8Cl2/c1-4-21(2)28-19-29(26-10-7-9-25(18-26)27-11-6-5-8-22(27)3)34(33-28)20-23-12-14-24(15-13-23)31(37)32-17-16-30(35)36;1-4(6)3-5(2)7/h4-15,18-19H,1-2,16-17,20H2,3H3,(H,32,37)(H,35,36);3-4H,1-2H3/b;5-3+. The molecule has 1 aromatic heterocycles. The fourth-order valence-corrected chi connectivity index (χ4v) is 4.85. The zero-order valence-electron chi connectivity index (χ0n) is 25.2. The largest absolute Gasteiger partial charge is 0.481 e. The van der Waals surface area contributed by atoms with E-state index in [1.54, 1.807) is 31.2 Å². The summed E-state index contributed by atoms with van der Waals surface area (Å²) in [5.41, 5.74) is 8.44. The number of carboxylic acid groups (broad SMARTS) is 1. The van der Waals surface area contributed by atoms with Crippen molar-refractivity contribution in [2.24, 2.45) is 0 Å². The maximum Gasteiger partial charge on any atom is 0.305 e. The molecule has 2 N–H and O–H groups in total. The average Bonchev–Trinajstić information content (AvgIpc) is 3.40. The van der Waals surface area contributed by atoms with Crippen LogP contribution in [0.5, 0.6) is 0 Å². The number of nitrogens with zero attached hydrogens (tertiary/aromatic N) is 2. The highest BCUT2D eigenvalue weighted by Gasteiger charge is 2.14. The Morgan fingerprint density at radius 2 is 1.73 bits per heavy atom. The molecule has 0 spiro atoms. The number of alkyl halides is 1. The molecule has 1 atom stereocenters. The quantitative estimate of drug-likeness (QED) is 0.128. The molecule has 0 aliphatic carbocycles. The van der Waals surface area contributed by atoms with Crippen molar-refractivity contribution in [3.8, 4) is 22.4 Å². The molecular formula is C36H37Cl2N3O3. The van der Waals surface area contributed by atoms with Gasteiger partial charge in [-0.3, -0.25) is 14.3 Å². The summed E-state index contributed by atoms with van der Waals surface area (Å²) < 4.78 is 1.93. The van der Waals surface area contributed by atoms with E-state index in [1.165, 1.54) is 11.1 Å². The van der Waals surface area contributed by atoms with Crippen molar-refractivity contribution >= 4 is 40.7 Å². The van der Waals surface area contributed by atoms with Crippen molar-refractivity contribution in [3.05, 3.63) is 132 Å². The number of aryl methyl sites for hydroxylation is 1. The van der Waals surface area contributed by atoms with Crippen LogP contribution in [-0.2, 0) is 11.3 Å². The molecule has 3 aromatic carbocycles. The minimum Gasteiger partial charge on any atom is -0.481 e. The molecular weight excluding hydrogens is 593 g/mol. The number of allylic oxidation sites excluding steroid dienone is 4. The van der Waals surface area contributed by atoms with Gasteiger partial charge in [0.25, 0.3) is 5.91 Å². The van der Waals surface area contributed by atoms with Crippen LogP contribution in [0, 0.1) is 6.92 Å². The van der Waals surface area contributed by atoms with Gasteiger partial charge < -0.3 is 10.4 Å². The lowest BCUT2D eigenvalue weighted by molar-refractivity contribution is -0.136. The second-order valence-electron chi connectivity index (χ2n) is 10.2. The molecule has 0 aliphatic rings. The van der Waals surface area contributed by atoms with Crippen molar-refractivity contribution in [3.63, 3.8) is 0 Å². The SMILES string of the molecule is C/C(Cl)=C\C(C)Cl.C=CC(=C)c1cc(-c2cccc(-c3ccccc3C)c2)n(Cc2ccc(C(=O)NCCC(=O)O)cc2)n1. The Kier molecular flexibility index (Phi) is 12.8. The highest BCUT2D eigenvalue weighted by Crippen LogP contribution is 2.30. The van der Waals surface area contributed by atoms with Gasteiger partial charge in [0.1, 0.15) is 0 Å². The number of rotatable bonds is 11. The third kappa shape index (κ3) is 10.1. The van der Waals surface area contributed by atoms with Gasteiger partial charge in [0.15, 0.2) is 0 Å². The number of hydrogen-bond acceptors (Lipinski definition) is 3. The molecule has 8 heteroatoms. The van der Waals surface area contributed by atoms with Gasteiger partial charge in [0.2, 0.25) is 0 Å². The van der Waals surface area contributed by atoms with E-state index in [0.717, 1.165) is 38.7 Å². The number of nitrogens with one attached hydrogen (secondary N) is 1. The molecule has 1 heterocycles. The molecule has 1 amide bonds. The Labute approximate surface area is 269 Å². The Bertz CT molecular complexity index is 1650. The van der Waals surface area contributed by atoms with Gasteiger partial charge in [-0.1, -0.05) is 91.5 Å². The first-order valence-corrected chi connectivity index (χ1v) is 14.9. The molecule has 0 saturated heterocycles. The molecule has 0 radical (unpaired) electrons. The van der Waals surface area contributed by atoms with E-state index in [-0.39, 0.29) is 24.2 Å². The van der Waals surface area contributed by atoms with E-state index in [1.807, 2.05) is 48.0 Å². The van der Waals surface area contributed by atoms with Crippen LogP contribution in [0.1, 0.15) is 47.4 Å². The van der Waals surface area contributed by atoms with Gasteiger partial charge in [0, 0.05) is 22.7 Å². The van der Waals surface area contributed by atoms with E-state index in [0.29, 0.717) is 12.1 Å². The molecule has 0 aliphatic heterocycles. The summed E-state index contributed by atoms with van der Waals surface area (Å²) in [4.78, 5) is 22.9. The monoisotopic (exact) mass is 629 g/mol. The minimum absolute atomic E-state index is 0.0532. The van der Waals surface area contributed by atoms with Crippen molar-refractivity contribution < 1.29 is 14.7 Å². The number of benzene rings is 3. The Morgan fingerprint density at radius 1 is 1.05 bits per heavy atom. The van der Waals surface area contributed by atoms with Crippen LogP contribution < -0.4 is 5.32 Å². The second kappa shape index (κ2) is 16.5. The highest BCUT2D eigenvalue weighted by atomic mass is 35.5. The van der Waals surface area contributed by atoms with Crippen molar-refractivity contribution in [1.29, 1.82) is 0 Å². The Balaban J connectivity index is 0.000000676. The van der Waals surface area contributed by atoms with E-state index < -0.39 is 5.97 Å². The average molecular weight is 631 g/mol. The van der Waals surface area contributed by atoms with Crippen molar-refractivity contribution in [2.45, 2.75) is 39.1 Å². The van der Waals surface area contributed by atoms with Crippen LogP contribution in [0.4, 0.5) is 0 Å². The van der Waals surface area contributed by atoms with Crippen LogP contribution in [-0.4, -0.2) is 38.7 Å². The molecule has 4 aromatic rings. The number of carbonyl (C=O) groups excluding carboxylic acids is 1. The zero-order chi connectivity index (χ0) is 32.2. The first-order chi connectivity index (χ1) is 21.0. The van der Waals surface area contributed by atoms with Gasteiger partial charge in [-0.25, -0.2) is 0 Å². The van der Waals surface area contributed by atoms with Gasteiger partial charge in [-0.05, 0) is 72.9 Å². The number of hydrogen-bond donors (Lipinski definition) is 2. The van der Waals surface area contributed by atoms with Crippen LogP contribution >= 0.6 is 23.2 Å². The smallest absolute Gasteiger partial charge is 0.305 e. The molecule has 228 valence electrons. The normalized spacial score (nSPS) is 11.6. The predicted molar refractivity (Wildman–Crippen MR) is 182 cm³/mol. The lowest BCUT2D eigenvalue weighted by atomic mass is 9.98. The summed E-state index contributed by atoms with van der Waals surface area (Å²) in [7, 11) is 0. The van der Waals surface area contributed by atoms with Gasteiger partial charge in [0.05, 0.1) is 29.7 Å². The van der Waals surface area contributed by atoms with Crippen LogP contribution in [0.25, 0.3) is 28.0 Å². The molecule has 4 rings (SSSR count). The number of carbonyl (C=O) groups is 2. The number of halogens is 2. The van der Waals surface area contributed by atoms with Crippen molar-refractivity contribution in [1.82, 2.24) is 15.1 Å². The number of aromatic nitrogens is 2. The molecule has 0 fully saturated rings. The van der Waals surface area contributed by atoms with Gasteiger partial charge in [-0.2, -0.15) is 5.10 Å². The minimum atomic E-state index is -0.950. The maximum atomic E-state index is 12.3. The summed E-state index contributed by atoms with van der Waals surface area (Å²) in [6.45, 7) is 14.3. The molecule has 0 bridgehead atoms. The fourth-order valence-electron chi connectivity index (χ4n) is 4.41. The van der Waals surface area contributed by atoms with E-state index in [4.69, 9.17) is 33.4 Å². The van der Waals surface area contributed by atoms with Crippen LogP contribution in [0.3, 0.4) is 0 Å². The maximum absolute atomic E-state index is 12.3. The summed E-state index contributed by atoms with van der Waals surface area (Å²) >= 11 is 11.0. The number of aliphatic carboxylic acids is 1. The third-order valence-electron chi connectivity index (χ3n) is 6.60. The van der Waals surface area contributed by atoms with Crippen LogP contribution in [0.2, 0.25) is 0 Å². The first kappa shape index (κ1) is 34.1. The van der Waals surface area contributed by atoms with Crippen LogP contribution in [0.15, 0.2) is 109 Å². The first-order valence-electron chi connectivity index (χ1n) is 14.1. The predicted octanol–water partition coefficient (Wildman–Crippen LogP) is 8.73. The molecule has 0 saturated carbocycles. The van der Waals surface area contributed by atoms with Gasteiger partial charge >= 0.3 is 5.97 Å². The summed E-state index contributed by atoms with van der Waals surface area (Å²) in [6.07, 6.45) is 3.36. The van der Waals surface area contributed by atoms with Crippen molar-refractivity contribution in [2.75, 3.05) is 6.54 Å². The lowest BCUT2D eigenvalue weighted by Crippen LogP contribution is -2.25. The summed E-state index contributed by atoms with van der Waals surface area (Å²) in [6, 6.07) is 25.9. The molecule has 1 unspecified atom stereocenters. The number of amides is 1. The second-order valence-corrected chi connectivity index (χ2v) is 11.5. The zero-order valence-corrected chi connectivity index (χ0v) is 26.7.